The van der Waals surface area contributed by atoms with Gasteiger partial charge >= 0.3 is 0 Å². The fraction of sp³-hybridized carbons (Fsp3) is 0.111. The van der Waals surface area contributed by atoms with Crippen LogP contribution in [0.1, 0.15) is 11.3 Å². The summed E-state index contributed by atoms with van der Waals surface area (Å²) in [6, 6.07) is 7.20. The molecular formula is C9H9N3O. The number of para-hydroxylation sites is 1. The molecule has 1 aromatic carbocycles. The number of aromatic nitrogens is 3. The van der Waals surface area contributed by atoms with Crippen molar-refractivity contribution in [3.05, 3.63) is 41.7 Å². The number of aromatic amines is 1. The van der Waals surface area contributed by atoms with Crippen LogP contribution in [0.25, 0.3) is 0 Å². The molecule has 0 aliphatic heterocycles. The van der Waals surface area contributed by atoms with E-state index in [1.54, 1.807) is 18.3 Å². The number of phenolic OH excluding ortho intramolecular Hbond substituents is 1. The van der Waals surface area contributed by atoms with Gasteiger partial charge in [0.05, 0.1) is 11.9 Å². The van der Waals surface area contributed by atoms with E-state index in [1.165, 1.54) is 0 Å². The Hall–Kier alpha value is -1.84. The fourth-order valence-corrected chi connectivity index (χ4v) is 1.17. The molecule has 1 aromatic heterocycles. The van der Waals surface area contributed by atoms with Gasteiger partial charge in [0.25, 0.3) is 0 Å². The van der Waals surface area contributed by atoms with E-state index in [0.717, 1.165) is 11.3 Å². The van der Waals surface area contributed by atoms with E-state index in [-0.39, 0.29) is 0 Å². The van der Waals surface area contributed by atoms with Gasteiger partial charge in [-0.2, -0.15) is 15.4 Å². The van der Waals surface area contributed by atoms with E-state index in [2.05, 4.69) is 15.4 Å². The van der Waals surface area contributed by atoms with E-state index < -0.39 is 0 Å². The summed E-state index contributed by atoms with van der Waals surface area (Å²) in [5.41, 5.74) is 1.68. The number of H-pyrrole nitrogens is 1. The van der Waals surface area contributed by atoms with Crippen LogP contribution in [-0.2, 0) is 6.42 Å². The number of nitrogens with zero attached hydrogens (tertiary/aromatic N) is 2. The summed E-state index contributed by atoms with van der Waals surface area (Å²) in [4.78, 5) is 0. The molecule has 0 spiro atoms. The van der Waals surface area contributed by atoms with Gasteiger partial charge in [-0.1, -0.05) is 18.2 Å². The topological polar surface area (TPSA) is 61.8 Å². The van der Waals surface area contributed by atoms with Crippen LogP contribution in [-0.4, -0.2) is 20.5 Å². The SMILES string of the molecule is Oc1ccccc1Cc1cn[nH]n1. The summed E-state index contributed by atoms with van der Waals surface area (Å²) >= 11 is 0. The Balaban J connectivity index is 2.24. The predicted octanol–water partition coefficient (Wildman–Crippen LogP) is 1.10. The third-order valence-corrected chi connectivity index (χ3v) is 1.83. The molecular weight excluding hydrogens is 166 g/mol. The Morgan fingerprint density at radius 3 is 2.85 bits per heavy atom. The number of benzene rings is 1. The van der Waals surface area contributed by atoms with Gasteiger partial charge in [0.15, 0.2) is 0 Å². The van der Waals surface area contributed by atoms with Crippen molar-refractivity contribution in [1.82, 2.24) is 15.4 Å². The van der Waals surface area contributed by atoms with Crippen LogP contribution in [0.3, 0.4) is 0 Å². The number of aromatic hydroxyl groups is 1. The minimum Gasteiger partial charge on any atom is -0.508 e. The Morgan fingerprint density at radius 2 is 2.15 bits per heavy atom. The zero-order valence-electron chi connectivity index (χ0n) is 6.94. The summed E-state index contributed by atoms with van der Waals surface area (Å²) in [6.07, 6.45) is 2.25. The predicted molar refractivity (Wildman–Crippen MR) is 47.3 cm³/mol. The van der Waals surface area contributed by atoms with Crippen molar-refractivity contribution in [1.29, 1.82) is 0 Å². The van der Waals surface area contributed by atoms with Crippen LogP contribution in [0, 0.1) is 0 Å². The van der Waals surface area contributed by atoms with E-state index in [4.69, 9.17) is 0 Å². The van der Waals surface area contributed by atoms with Gasteiger partial charge in [-0.15, -0.1) is 0 Å². The average molecular weight is 175 g/mol. The maximum Gasteiger partial charge on any atom is 0.119 e. The Morgan fingerprint density at radius 1 is 1.31 bits per heavy atom. The van der Waals surface area contributed by atoms with Gasteiger partial charge in [-0.25, -0.2) is 0 Å². The highest BCUT2D eigenvalue weighted by Gasteiger charge is 2.02. The summed E-state index contributed by atoms with van der Waals surface area (Å²) < 4.78 is 0. The van der Waals surface area contributed by atoms with E-state index in [1.807, 2.05) is 12.1 Å². The minimum absolute atomic E-state index is 0.297. The number of phenols is 1. The Labute approximate surface area is 75.2 Å². The molecule has 0 saturated carbocycles. The summed E-state index contributed by atoms with van der Waals surface area (Å²) in [6.45, 7) is 0. The van der Waals surface area contributed by atoms with Crippen molar-refractivity contribution < 1.29 is 5.11 Å². The molecule has 13 heavy (non-hydrogen) atoms. The molecule has 66 valence electrons. The number of hydrogen-bond acceptors (Lipinski definition) is 3. The largest absolute Gasteiger partial charge is 0.508 e. The maximum atomic E-state index is 9.45. The molecule has 0 bridgehead atoms. The molecule has 0 atom stereocenters. The Kier molecular flexibility index (Phi) is 1.96. The molecule has 0 saturated heterocycles. The lowest BCUT2D eigenvalue weighted by Crippen LogP contribution is -1.88. The van der Waals surface area contributed by atoms with Crippen LogP contribution in [0.4, 0.5) is 0 Å². The van der Waals surface area contributed by atoms with Crippen molar-refractivity contribution in [2.75, 3.05) is 0 Å². The quantitative estimate of drug-likeness (QED) is 0.718. The minimum atomic E-state index is 0.297. The summed E-state index contributed by atoms with van der Waals surface area (Å²) in [5.74, 6) is 0.297. The molecule has 2 rings (SSSR count). The van der Waals surface area contributed by atoms with E-state index in [9.17, 15) is 5.11 Å². The first-order chi connectivity index (χ1) is 6.36. The smallest absolute Gasteiger partial charge is 0.119 e. The lowest BCUT2D eigenvalue weighted by Gasteiger charge is -1.99. The van der Waals surface area contributed by atoms with Crippen molar-refractivity contribution in [3.63, 3.8) is 0 Å². The standard InChI is InChI=1S/C9H9N3O/c13-9-4-2-1-3-7(9)5-8-6-10-12-11-8/h1-4,6,13H,5H2,(H,10,11,12). The molecule has 4 nitrogen and oxygen atoms in total. The number of hydrogen-bond donors (Lipinski definition) is 2. The molecule has 0 aliphatic carbocycles. The highest BCUT2D eigenvalue weighted by molar-refractivity contribution is 5.34. The van der Waals surface area contributed by atoms with E-state index >= 15 is 0 Å². The van der Waals surface area contributed by atoms with Gasteiger partial charge < -0.3 is 5.11 Å². The molecule has 2 aromatic rings. The van der Waals surface area contributed by atoms with Crippen LogP contribution in [0.5, 0.6) is 5.75 Å². The van der Waals surface area contributed by atoms with Gasteiger partial charge in [0.2, 0.25) is 0 Å². The molecule has 0 aliphatic rings. The van der Waals surface area contributed by atoms with Gasteiger partial charge in [0, 0.05) is 6.42 Å². The molecule has 4 heteroatoms. The fourth-order valence-electron chi connectivity index (χ4n) is 1.17. The normalized spacial score (nSPS) is 10.2. The maximum absolute atomic E-state index is 9.45. The first-order valence-corrected chi connectivity index (χ1v) is 3.98. The van der Waals surface area contributed by atoms with Crippen molar-refractivity contribution in [3.8, 4) is 5.75 Å². The van der Waals surface area contributed by atoms with Crippen molar-refractivity contribution in [2.24, 2.45) is 0 Å². The zero-order valence-corrected chi connectivity index (χ0v) is 6.94. The highest BCUT2D eigenvalue weighted by atomic mass is 16.3. The van der Waals surface area contributed by atoms with E-state index in [0.29, 0.717) is 12.2 Å². The second kappa shape index (κ2) is 3.26. The van der Waals surface area contributed by atoms with Crippen molar-refractivity contribution >= 4 is 0 Å². The zero-order chi connectivity index (χ0) is 9.10. The summed E-state index contributed by atoms with van der Waals surface area (Å²) in [5, 5.41) is 19.6. The third-order valence-electron chi connectivity index (χ3n) is 1.83. The second-order valence-electron chi connectivity index (χ2n) is 2.77. The van der Waals surface area contributed by atoms with Crippen LogP contribution in [0.2, 0.25) is 0 Å². The molecule has 1 heterocycles. The Bertz CT molecular complexity index is 384. The third kappa shape index (κ3) is 1.66. The molecule has 0 fully saturated rings. The number of rotatable bonds is 2. The lowest BCUT2D eigenvalue weighted by molar-refractivity contribution is 0.469. The number of nitrogens with one attached hydrogen (secondary N) is 1. The monoisotopic (exact) mass is 175 g/mol. The molecule has 2 N–H and O–H groups in total. The van der Waals surface area contributed by atoms with Crippen molar-refractivity contribution in [2.45, 2.75) is 6.42 Å². The highest BCUT2D eigenvalue weighted by Crippen LogP contribution is 2.17. The summed E-state index contributed by atoms with van der Waals surface area (Å²) in [7, 11) is 0. The lowest BCUT2D eigenvalue weighted by atomic mass is 10.1. The van der Waals surface area contributed by atoms with Gasteiger partial charge in [-0.05, 0) is 11.6 Å². The molecule has 0 radical (unpaired) electrons. The van der Waals surface area contributed by atoms with Gasteiger partial charge in [-0.3, -0.25) is 0 Å². The average Bonchev–Trinajstić information content (AvgIpc) is 2.61. The molecule has 0 amide bonds. The first kappa shape index (κ1) is 7.79. The molecule has 0 unspecified atom stereocenters. The van der Waals surface area contributed by atoms with Crippen LogP contribution < -0.4 is 0 Å². The van der Waals surface area contributed by atoms with Crippen LogP contribution >= 0.6 is 0 Å². The first-order valence-electron chi connectivity index (χ1n) is 3.98. The van der Waals surface area contributed by atoms with Gasteiger partial charge in [0.1, 0.15) is 5.75 Å². The second-order valence-corrected chi connectivity index (χ2v) is 2.77. The van der Waals surface area contributed by atoms with Crippen LogP contribution in [0.15, 0.2) is 30.5 Å².